The van der Waals surface area contributed by atoms with Crippen LogP contribution < -0.4 is 0 Å². The van der Waals surface area contributed by atoms with Gasteiger partial charge in [-0.3, -0.25) is 4.79 Å². The number of unbranched alkanes of at least 4 members (excludes halogenated alkanes) is 2. The highest BCUT2D eigenvalue weighted by Crippen LogP contribution is 1.93. The molecule has 0 aromatic rings. The molecule has 0 unspecified atom stereocenters. The van der Waals surface area contributed by atoms with Crippen LogP contribution in [-0.4, -0.2) is 47.2 Å². The lowest BCUT2D eigenvalue weighted by molar-refractivity contribution is -0.141. The molecule has 0 bridgehead atoms. The van der Waals surface area contributed by atoms with Crippen molar-refractivity contribution in [2.24, 2.45) is 0 Å². The van der Waals surface area contributed by atoms with Gasteiger partial charge in [0, 0.05) is 6.92 Å². The summed E-state index contributed by atoms with van der Waals surface area (Å²) in [6.45, 7) is 3.41. The molecule has 0 aliphatic heterocycles. The molecule has 3 N–H and O–H groups in total. The summed E-state index contributed by atoms with van der Waals surface area (Å²) < 4.78 is 4.70. The van der Waals surface area contributed by atoms with Gasteiger partial charge in [0.05, 0.1) is 19.8 Å². The Morgan fingerprint density at radius 1 is 1.27 bits per heavy atom. The molecule has 0 saturated heterocycles. The maximum Gasteiger partial charge on any atom is 0.302 e. The van der Waals surface area contributed by atoms with Gasteiger partial charge in [0.1, 0.15) is 6.10 Å². The lowest BCUT2D eigenvalue weighted by atomic mass is 10.3. The number of ether oxygens (including phenoxy) is 1. The summed E-state index contributed by atoms with van der Waals surface area (Å²) in [4.78, 5) is 10.2. The third-order valence-electron chi connectivity index (χ3n) is 1.47. The smallest absolute Gasteiger partial charge is 0.302 e. The van der Waals surface area contributed by atoms with Gasteiger partial charge in [-0.2, -0.15) is 0 Å². The third kappa shape index (κ3) is 19.7. The van der Waals surface area contributed by atoms with Gasteiger partial charge >= 0.3 is 5.97 Å². The highest BCUT2D eigenvalue weighted by molar-refractivity contribution is 5.65. The fourth-order valence-electron chi connectivity index (χ4n) is 0.626. The molecule has 0 radical (unpaired) electrons. The van der Waals surface area contributed by atoms with E-state index in [2.05, 4.69) is 6.92 Å². The average Bonchev–Trinajstić information content (AvgIpc) is 2.24. The zero-order chi connectivity index (χ0) is 12.1. The summed E-state index contributed by atoms with van der Waals surface area (Å²) in [7, 11) is 0. The molecule has 0 aromatic heterocycles. The van der Waals surface area contributed by atoms with E-state index in [0.29, 0.717) is 6.61 Å². The lowest BCUT2D eigenvalue weighted by Crippen LogP contribution is -2.15. The SMILES string of the molecule is CCCCCOC(C)=O.OCC(O)CO. The van der Waals surface area contributed by atoms with Gasteiger partial charge in [-0.25, -0.2) is 0 Å². The summed E-state index contributed by atoms with van der Waals surface area (Å²) in [5, 5.41) is 24.0. The van der Waals surface area contributed by atoms with Gasteiger partial charge < -0.3 is 20.1 Å². The van der Waals surface area contributed by atoms with Crippen LogP contribution >= 0.6 is 0 Å². The average molecular weight is 222 g/mol. The molecule has 0 aromatic carbocycles. The van der Waals surface area contributed by atoms with Crippen LogP contribution in [0.25, 0.3) is 0 Å². The number of rotatable bonds is 6. The summed E-state index contributed by atoms with van der Waals surface area (Å²) in [6, 6.07) is 0. The molecular formula is C10H22O5. The van der Waals surface area contributed by atoms with Crippen LogP contribution in [0.4, 0.5) is 0 Å². The molecule has 0 aliphatic rings. The van der Waals surface area contributed by atoms with Crippen molar-refractivity contribution in [3.63, 3.8) is 0 Å². The van der Waals surface area contributed by atoms with Crippen molar-refractivity contribution in [2.45, 2.75) is 39.2 Å². The van der Waals surface area contributed by atoms with Gasteiger partial charge in [0.25, 0.3) is 0 Å². The Morgan fingerprint density at radius 3 is 2.07 bits per heavy atom. The van der Waals surface area contributed by atoms with E-state index in [1.165, 1.54) is 13.3 Å². The van der Waals surface area contributed by atoms with E-state index in [1.807, 2.05) is 0 Å². The van der Waals surface area contributed by atoms with E-state index >= 15 is 0 Å². The molecule has 0 amide bonds. The number of carbonyl (C=O) groups excluding carboxylic acids is 1. The molecule has 5 heteroatoms. The first-order chi connectivity index (χ1) is 7.08. The molecule has 15 heavy (non-hydrogen) atoms. The topological polar surface area (TPSA) is 87.0 Å². The van der Waals surface area contributed by atoms with Gasteiger partial charge in [-0.15, -0.1) is 0 Å². The number of carbonyl (C=O) groups is 1. The van der Waals surface area contributed by atoms with E-state index in [9.17, 15) is 4.79 Å². The van der Waals surface area contributed by atoms with Gasteiger partial charge in [0.15, 0.2) is 0 Å². The van der Waals surface area contributed by atoms with Crippen molar-refractivity contribution < 1.29 is 24.9 Å². The van der Waals surface area contributed by atoms with Crippen LogP contribution in [-0.2, 0) is 9.53 Å². The third-order valence-corrected chi connectivity index (χ3v) is 1.47. The van der Waals surface area contributed by atoms with E-state index in [-0.39, 0.29) is 19.2 Å². The Bertz CT molecular complexity index is 134. The molecule has 0 rings (SSSR count). The number of aliphatic hydroxyl groups excluding tert-OH is 3. The fourth-order valence-corrected chi connectivity index (χ4v) is 0.626. The highest BCUT2D eigenvalue weighted by Gasteiger charge is 1.93. The number of hydrogen-bond acceptors (Lipinski definition) is 5. The second kappa shape index (κ2) is 13.4. The normalized spacial score (nSPS) is 9.47. The minimum absolute atomic E-state index is 0.175. The minimum Gasteiger partial charge on any atom is -0.466 e. The Labute approximate surface area is 90.7 Å². The second-order valence-corrected chi connectivity index (χ2v) is 3.07. The summed E-state index contributed by atoms with van der Waals surface area (Å²) in [5.74, 6) is -0.175. The molecule has 92 valence electrons. The van der Waals surface area contributed by atoms with Crippen molar-refractivity contribution in [2.75, 3.05) is 19.8 Å². The molecular weight excluding hydrogens is 200 g/mol. The van der Waals surface area contributed by atoms with E-state index in [4.69, 9.17) is 20.1 Å². The first kappa shape index (κ1) is 16.8. The van der Waals surface area contributed by atoms with E-state index in [1.54, 1.807) is 0 Å². The number of hydrogen-bond donors (Lipinski definition) is 3. The van der Waals surface area contributed by atoms with E-state index < -0.39 is 6.10 Å². The zero-order valence-electron chi connectivity index (χ0n) is 9.48. The Hall–Kier alpha value is -0.650. The van der Waals surface area contributed by atoms with Gasteiger partial charge in [0.2, 0.25) is 0 Å². The summed E-state index contributed by atoms with van der Waals surface area (Å²) in [5.41, 5.74) is 0. The Kier molecular flexibility index (Phi) is 14.9. The standard InChI is InChI=1S/C7H14O2.C3H8O3/c1-3-4-5-6-9-7(2)8;4-1-3(6)2-5/h3-6H2,1-2H3;3-6H,1-2H2. The van der Waals surface area contributed by atoms with Crippen molar-refractivity contribution in [1.29, 1.82) is 0 Å². The fraction of sp³-hybridized carbons (Fsp3) is 0.900. The monoisotopic (exact) mass is 222 g/mol. The minimum atomic E-state index is -0.954. The van der Waals surface area contributed by atoms with Crippen LogP contribution in [0.5, 0.6) is 0 Å². The molecule has 0 spiro atoms. The zero-order valence-corrected chi connectivity index (χ0v) is 9.48. The first-order valence-electron chi connectivity index (χ1n) is 5.11. The highest BCUT2D eigenvalue weighted by atomic mass is 16.5. The summed E-state index contributed by atoms with van der Waals surface area (Å²) >= 11 is 0. The summed E-state index contributed by atoms with van der Waals surface area (Å²) in [6.07, 6.45) is 2.36. The van der Waals surface area contributed by atoms with E-state index in [0.717, 1.165) is 12.8 Å². The van der Waals surface area contributed by atoms with Crippen molar-refractivity contribution in [1.82, 2.24) is 0 Å². The molecule has 0 atom stereocenters. The Balaban J connectivity index is 0. The number of esters is 1. The lowest BCUT2D eigenvalue weighted by Gasteiger charge is -1.98. The molecule has 0 heterocycles. The van der Waals surface area contributed by atoms with Crippen LogP contribution in [0.3, 0.4) is 0 Å². The van der Waals surface area contributed by atoms with Gasteiger partial charge in [-0.05, 0) is 6.42 Å². The van der Waals surface area contributed by atoms with Crippen LogP contribution in [0, 0.1) is 0 Å². The Morgan fingerprint density at radius 2 is 1.80 bits per heavy atom. The molecule has 0 saturated carbocycles. The maximum atomic E-state index is 10.2. The molecule has 0 aliphatic carbocycles. The quantitative estimate of drug-likeness (QED) is 0.437. The predicted molar refractivity (Wildman–Crippen MR) is 56.3 cm³/mol. The van der Waals surface area contributed by atoms with Crippen molar-refractivity contribution >= 4 is 5.97 Å². The molecule has 0 fully saturated rings. The second-order valence-electron chi connectivity index (χ2n) is 3.07. The maximum absolute atomic E-state index is 10.2. The van der Waals surface area contributed by atoms with Crippen LogP contribution in [0.1, 0.15) is 33.1 Å². The van der Waals surface area contributed by atoms with Crippen LogP contribution in [0.15, 0.2) is 0 Å². The number of aliphatic hydroxyl groups is 3. The van der Waals surface area contributed by atoms with Crippen LogP contribution in [0.2, 0.25) is 0 Å². The first-order valence-corrected chi connectivity index (χ1v) is 5.11. The predicted octanol–water partition coefficient (Wildman–Crippen LogP) is 0.0716. The largest absolute Gasteiger partial charge is 0.466 e. The van der Waals surface area contributed by atoms with Gasteiger partial charge in [-0.1, -0.05) is 19.8 Å². The molecule has 5 nitrogen and oxygen atoms in total. The van der Waals surface area contributed by atoms with Crippen molar-refractivity contribution in [3.05, 3.63) is 0 Å². The van der Waals surface area contributed by atoms with Crippen molar-refractivity contribution in [3.8, 4) is 0 Å².